The van der Waals surface area contributed by atoms with Crippen molar-refractivity contribution >= 4 is 17.7 Å². The van der Waals surface area contributed by atoms with Gasteiger partial charge in [0, 0.05) is 16.6 Å². The van der Waals surface area contributed by atoms with Crippen molar-refractivity contribution < 1.29 is 4.39 Å². The quantitative estimate of drug-likeness (QED) is 0.855. The number of nitrogens with one attached hydrogen (secondary N) is 1. The Morgan fingerprint density at radius 1 is 1.50 bits per heavy atom. The third-order valence-corrected chi connectivity index (χ3v) is 3.58. The first kappa shape index (κ1) is 13.6. The summed E-state index contributed by atoms with van der Waals surface area (Å²) in [6, 6.07) is 5.36. The van der Waals surface area contributed by atoms with Gasteiger partial charge in [-0.05, 0) is 44.9 Å². The lowest BCUT2D eigenvalue weighted by molar-refractivity contribution is 0.399. The van der Waals surface area contributed by atoms with Crippen molar-refractivity contribution in [2.45, 2.75) is 38.6 Å². The van der Waals surface area contributed by atoms with Crippen LogP contribution in [0.2, 0.25) is 5.02 Å². The molecule has 98 valence electrons. The van der Waals surface area contributed by atoms with Crippen molar-refractivity contribution in [2.75, 3.05) is 6.54 Å². The van der Waals surface area contributed by atoms with E-state index in [9.17, 15) is 4.39 Å². The summed E-state index contributed by atoms with van der Waals surface area (Å²) in [6.45, 7) is 3.16. The van der Waals surface area contributed by atoms with Crippen molar-refractivity contribution in [3.8, 4) is 0 Å². The zero-order chi connectivity index (χ0) is 13.0. The lowest BCUT2D eigenvalue weighted by Crippen LogP contribution is -2.33. The third-order valence-electron chi connectivity index (χ3n) is 3.35. The highest BCUT2D eigenvalue weighted by Crippen LogP contribution is 2.20. The number of rotatable bonds is 3. The molecule has 0 bridgehead atoms. The van der Waals surface area contributed by atoms with E-state index in [2.05, 4.69) is 12.2 Å². The summed E-state index contributed by atoms with van der Waals surface area (Å²) in [5, 5.41) is 3.94. The van der Waals surface area contributed by atoms with E-state index in [0.29, 0.717) is 16.6 Å². The summed E-state index contributed by atoms with van der Waals surface area (Å²) >= 11 is 5.74. The normalized spacial score (nSPS) is 21.1. The van der Waals surface area contributed by atoms with Crippen LogP contribution in [0.1, 0.15) is 38.2 Å². The van der Waals surface area contributed by atoms with Gasteiger partial charge in [0.2, 0.25) is 0 Å². The van der Waals surface area contributed by atoms with Crippen molar-refractivity contribution in [1.29, 1.82) is 0 Å². The lowest BCUT2D eigenvalue weighted by Gasteiger charge is -2.23. The molecule has 1 N–H and O–H groups in total. The highest BCUT2D eigenvalue weighted by molar-refractivity contribution is 6.30. The molecule has 0 radical (unpaired) electrons. The van der Waals surface area contributed by atoms with E-state index in [-0.39, 0.29) is 5.82 Å². The fourth-order valence-electron chi connectivity index (χ4n) is 2.43. The Hall–Kier alpha value is -0.860. The molecule has 1 heterocycles. The number of hydrogen-bond acceptors (Lipinski definition) is 1. The zero-order valence-corrected chi connectivity index (χ0v) is 11.4. The van der Waals surface area contributed by atoms with Gasteiger partial charge in [0.05, 0.1) is 0 Å². The zero-order valence-electron chi connectivity index (χ0n) is 10.7. The molecule has 1 aliphatic rings. The summed E-state index contributed by atoms with van der Waals surface area (Å²) in [5.74, 6) is -0.251. The van der Waals surface area contributed by atoms with Gasteiger partial charge in [-0.3, -0.25) is 0 Å². The highest BCUT2D eigenvalue weighted by Gasteiger charge is 2.12. The van der Waals surface area contributed by atoms with Crippen LogP contribution < -0.4 is 5.32 Å². The van der Waals surface area contributed by atoms with Crippen LogP contribution in [0, 0.1) is 5.82 Å². The lowest BCUT2D eigenvalue weighted by atomic mass is 9.97. The van der Waals surface area contributed by atoms with Gasteiger partial charge in [0.25, 0.3) is 0 Å². The Labute approximate surface area is 113 Å². The Kier molecular flexibility index (Phi) is 4.79. The predicted octanol–water partition coefficient (Wildman–Crippen LogP) is 4.41. The fourth-order valence-corrected chi connectivity index (χ4v) is 2.59. The van der Waals surface area contributed by atoms with Crippen LogP contribution in [0.3, 0.4) is 0 Å². The van der Waals surface area contributed by atoms with Crippen LogP contribution >= 0.6 is 11.6 Å². The maximum atomic E-state index is 13.6. The van der Waals surface area contributed by atoms with Gasteiger partial charge in [0.1, 0.15) is 5.82 Å². The summed E-state index contributed by atoms with van der Waals surface area (Å²) < 4.78 is 13.6. The van der Waals surface area contributed by atoms with Crippen molar-refractivity contribution in [3.05, 3.63) is 40.2 Å². The van der Waals surface area contributed by atoms with Crippen LogP contribution in [0.5, 0.6) is 0 Å². The van der Waals surface area contributed by atoms with Gasteiger partial charge in [-0.1, -0.05) is 35.7 Å². The molecule has 1 nitrogen and oxygen atoms in total. The van der Waals surface area contributed by atoms with Crippen molar-refractivity contribution in [2.24, 2.45) is 0 Å². The molecule has 1 fully saturated rings. The van der Waals surface area contributed by atoms with Crippen LogP contribution in [0.4, 0.5) is 4.39 Å². The average molecular weight is 268 g/mol. The minimum Gasteiger partial charge on any atom is -0.314 e. The van der Waals surface area contributed by atoms with Gasteiger partial charge in [-0.15, -0.1) is 0 Å². The first-order chi connectivity index (χ1) is 8.65. The molecule has 3 heteroatoms. The average Bonchev–Trinajstić information content (AvgIpc) is 2.34. The van der Waals surface area contributed by atoms with E-state index in [1.807, 2.05) is 6.08 Å². The molecule has 2 rings (SSSR count). The van der Waals surface area contributed by atoms with Crippen molar-refractivity contribution in [3.63, 3.8) is 0 Å². The van der Waals surface area contributed by atoms with Crippen LogP contribution in [-0.4, -0.2) is 12.6 Å². The van der Waals surface area contributed by atoms with Crippen molar-refractivity contribution in [1.82, 2.24) is 5.32 Å². The summed E-state index contributed by atoms with van der Waals surface area (Å²) in [6.07, 6.45) is 6.68. The molecule has 0 saturated carbocycles. The Balaban J connectivity index is 2.02. The number of hydrogen-bond donors (Lipinski definition) is 1. The van der Waals surface area contributed by atoms with E-state index in [0.717, 1.165) is 13.0 Å². The Bertz CT molecular complexity index is 436. The molecule has 0 aliphatic carbocycles. The SMILES string of the molecule is C/C(=C/c1ccc(Cl)cc1F)CC1CCCCN1. The minimum absolute atomic E-state index is 0.251. The topological polar surface area (TPSA) is 12.0 Å². The van der Waals surface area contributed by atoms with E-state index in [4.69, 9.17) is 11.6 Å². The summed E-state index contributed by atoms with van der Waals surface area (Å²) in [5.41, 5.74) is 1.82. The molecule has 0 aromatic heterocycles. The second-order valence-electron chi connectivity index (χ2n) is 5.01. The third kappa shape index (κ3) is 3.82. The number of benzene rings is 1. The van der Waals surface area contributed by atoms with Crippen LogP contribution in [-0.2, 0) is 0 Å². The molecule has 1 aromatic rings. The summed E-state index contributed by atoms with van der Waals surface area (Å²) in [7, 11) is 0. The second kappa shape index (κ2) is 6.35. The molecule has 0 amide bonds. The van der Waals surface area contributed by atoms with Gasteiger partial charge < -0.3 is 5.32 Å². The molecular weight excluding hydrogens is 249 g/mol. The molecule has 0 spiro atoms. The predicted molar refractivity (Wildman–Crippen MR) is 75.3 cm³/mol. The van der Waals surface area contributed by atoms with E-state index in [1.54, 1.807) is 12.1 Å². The van der Waals surface area contributed by atoms with Gasteiger partial charge in [-0.25, -0.2) is 4.39 Å². The molecular formula is C15H19ClFN. The highest BCUT2D eigenvalue weighted by atomic mass is 35.5. The maximum Gasteiger partial charge on any atom is 0.131 e. The fraction of sp³-hybridized carbons (Fsp3) is 0.467. The smallest absolute Gasteiger partial charge is 0.131 e. The Morgan fingerprint density at radius 3 is 3.00 bits per heavy atom. The van der Waals surface area contributed by atoms with Crippen LogP contribution in [0.15, 0.2) is 23.8 Å². The Morgan fingerprint density at radius 2 is 2.33 bits per heavy atom. The van der Waals surface area contributed by atoms with Gasteiger partial charge in [-0.2, -0.15) is 0 Å². The molecule has 18 heavy (non-hydrogen) atoms. The van der Waals surface area contributed by atoms with Crippen LogP contribution in [0.25, 0.3) is 6.08 Å². The van der Waals surface area contributed by atoms with Gasteiger partial charge >= 0.3 is 0 Å². The largest absolute Gasteiger partial charge is 0.314 e. The monoisotopic (exact) mass is 267 g/mol. The standard InChI is InChI=1S/C15H19ClFN/c1-11(9-14-4-2-3-7-18-14)8-12-5-6-13(16)10-15(12)17/h5-6,8,10,14,18H,2-4,7,9H2,1H3/b11-8-. The maximum absolute atomic E-state index is 13.6. The molecule has 1 aliphatic heterocycles. The van der Waals surface area contributed by atoms with E-state index < -0.39 is 0 Å². The summed E-state index contributed by atoms with van der Waals surface area (Å²) in [4.78, 5) is 0. The van der Waals surface area contributed by atoms with E-state index in [1.165, 1.54) is 30.9 Å². The molecule has 1 unspecified atom stereocenters. The first-order valence-electron chi connectivity index (χ1n) is 6.51. The minimum atomic E-state index is -0.251. The molecule has 1 atom stereocenters. The second-order valence-corrected chi connectivity index (χ2v) is 5.44. The number of halogens is 2. The molecule has 1 saturated heterocycles. The number of piperidine rings is 1. The van der Waals surface area contributed by atoms with Gasteiger partial charge in [0.15, 0.2) is 0 Å². The molecule has 1 aromatic carbocycles. The first-order valence-corrected chi connectivity index (χ1v) is 6.88. The van der Waals surface area contributed by atoms with E-state index >= 15 is 0 Å².